The van der Waals surface area contributed by atoms with Crippen molar-refractivity contribution < 1.29 is 14.7 Å². The molecule has 0 aliphatic heterocycles. The van der Waals surface area contributed by atoms with Crippen LogP contribution in [0, 0.1) is 5.92 Å². The lowest BCUT2D eigenvalue weighted by molar-refractivity contribution is -0.123. The Morgan fingerprint density at radius 1 is 1.38 bits per heavy atom. The summed E-state index contributed by atoms with van der Waals surface area (Å²) < 4.78 is 5.45. The number of carbonyl (C=O) groups is 1. The molecular formula is C15H21N3O3. The Hall–Kier alpha value is -2.24. The number of nitrogens with zero attached hydrogens (tertiary/aromatic N) is 1. The van der Waals surface area contributed by atoms with Crippen LogP contribution in [-0.4, -0.2) is 30.1 Å². The van der Waals surface area contributed by atoms with Crippen LogP contribution in [0.2, 0.25) is 0 Å². The molecule has 0 saturated heterocycles. The second-order valence-corrected chi connectivity index (χ2v) is 5.22. The van der Waals surface area contributed by atoms with Gasteiger partial charge in [0.2, 0.25) is 0 Å². The maximum Gasteiger partial charge on any atom is 0.257 e. The number of amidine groups is 1. The third kappa shape index (κ3) is 4.37. The Morgan fingerprint density at radius 2 is 2.10 bits per heavy atom. The van der Waals surface area contributed by atoms with Gasteiger partial charge >= 0.3 is 0 Å². The summed E-state index contributed by atoms with van der Waals surface area (Å²) in [6.45, 7) is 0.631. The Balaban J connectivity index is 1.83. The topological polar surface area (TPSA) is 96.9 Å². The highest BCUT2D eigenvalue weighted by Gasteiger charge is 2.16. The molecule has 6 heteroatoms. The standard InChI is InChI=1S/C15H21N3O3/c16-15(18-20)12-7-3-4-8-13(12)21-10-14(19)17-9-11-5-1-2-6-11/h3-4,7-8,11,20H,1-2,5-6,9-10H2,(H2,16,18)(H,17,19). The second-order valence-electron chi connectivity index (χ2n) is 5.22. The number of rotatable bonds is 6. The molecule has 0 radical (unpaired) electrons. The van der Waals surface area contributed by atoms with Crippen LogP contribution in [0.3, 0.4) is 0 Å². The highest BCUT2D eigenvalue weighted by Crippen LogP contribution is 2.23. The largest absolute Gasteiger partial charge is 0.483 e. The minimum Gasteiger partial charge on any atom is -0.483 e. The van der Waals surface area contributed by atoms with Crippen LogP contribution in [0.5, 0.6) is 5.75 Å². The molecule has 0 aromatic heterocycles. The van der Waals surface area contributed by atoms with Gasteiger partial charge in [0.1, 0.15) is 5.75 Å². The fourth-order valence-corrected chi connectivity index (χ4v) is 2.52. The molecule has 0 unspecified atom stereocenters. The van der Waals surface area contributed by atoms with Crippen LogP contribution in [0.4, 0.5) is 0 Å². The van der Waals surface area contributed by atoms with Gasteiger partial charge in [-0.25, -0.2) is 0 Å². The van der Waals surface area contributed by atoms with Crippen molar-refractivity contribution >= 4 is 11.7 Å². The molecule has 114 valence electrons. The van der Waals surface area contributed by atoms with Gasteiger partial charge in [-0.1, -0.05) is 30.1 Å². The first kappa shape index (κ1) is 15.2. The molecule has 1 aromatic rings. The molecule has 0 atom stereocenters. The van der Waals surface area contributed by atoms with E-state index in [9.17, 15) is 4.79 Å². The fraction of sp³-hybridized carbons (Fsp3) is 0.467. The first-order valence-electron chi connectivity index (χ1n) is 7.17. The van der Waals surface area contributed by atoms with E-state index in [1.165, 1.54) is 25.7 Å². The van der Waals surface area contributed by atoms with E-state index in [0.29, 0.717) is 23.8 Å². The lowest BCUT2D eigenvalue weighted by atomic mass is 10.1. The number of benzene rings is 1. The maximum absolute atomic E-state index is 11.8. The molecular weight excluding hydrogens is 270 g/mol. The van der Waals surface area contributed by atoms with Gasteiger partial charge in [-0.05, 0) is 30.9 Å². The van der Waals surface area contributed by atoms with Crippen molar-refractivity contribution in [2.24, 2.45) is 16.8 Å². The van der Waals surface area contributed by atoms with Crippen LogP contribution in [-0.2, 0) is 4.79 Å². The summed E-state index contributed by atoms with van der Waals surface area (Å²) in [5, 5.41) is 14.6. The molecule has 2 rings (SSSR count). The lowest BCUT2D eigenvalue weighted by Gasteiger charge is -2.12. The molecule has 1 amide bonds. The number of nitrogens with one attached hydrogen (secondary N) is 1. The van der Waals surface area contributed by atoms with Crippen molar-refractivity contribution in [2.45, 2.75) is 25.7 Å². The van der Waals surface area contributed by atoms with E-state index in [-0.39, 0.29) is 18.3 Å². The molecule has 6 nitrogen and oxygen atoms in total. The predicted molar refractivity (Wildman–Crippen MR) is 79.4 cm³/mol. The molecule has 1 aliphatic rings. The zero-order valence-corrected chi connectivity index (χ0v) is 11.9. The highest BCUT2D eigenvalue weighted by molar-refractivity contribution is 5.99. The molecule has 0 heterocycles. The quantitative estimate of drug-likeness (QED) is 0.320. The minimum absolute atomic E-state index is 0.0445. The number of amides is 1. The van der Waals surface area contributed by atoms with Gasteiger partial charge in [0, 0.05) is 6.54 Å². The van der Waals surface area contributed by atoms with Crippen molar-refractivity contribution in [3.63, 3.8) is 0 Å². The average molecular weight is 291 g/mol. The number of carbonyl (C=O) groups excluding carboxylic acids is 1. The van der Waals surface area contributed by atoms with Crippen molar-refractivity contribution in [3.05, 3.63) is 29.8 Å². The number of hydrogen-bond donors (Lipinski definition) is 3. The van der Waals surface area contributed by atoms with Gasteiger partial charge in [-0.2, -0.15) is 0 Å². The predicted octanol–water partition coefficient (Wildman–Crippen LogP) is 1.47. The Kier molecular flexibility index (Phi) is 5.43. The first-order valence-corrected chi connectivity index (χ1v) is 7.17. The van der Waals surface area contributed by atoms with Crippen LogP contribution in [0.15, 0.2) is 29.4 Å². The molecule has 21 heavy (non-hydrogen) atoms. The Morgan fingerprint density at radius 3 is 2.81 bits per heavy atom. The number of para-hydroxylation sites is 1. The highest BCUT2D eigenvalue weighted by atomic mass is 16.5. The summed E-state index contributed by atoms with van der Waals surface area (Å²) in [7, 11) is 0. The van der Waals surface area contributed by atoms with Crippen molar-refractivity contribution in [2.75, 3.05) is 13.2 Å². The van der Waals surface area contributed by atoms with Crippen molar-refractivity contribution in [1.82, 2.24) is 5.32 Å². The molecule has 4 N–H and O–H groups in total. The van der Waals surface area contributed by atoms with Gasteiger partial charge in [0.25, 0.3) is 5.91 Å². The first-order chi connectivity index (χ1) is 10.2. The van der Waals surface area contributed by atoms with Gasteiger partial charge in [0.15, 0.2) is 12.4 Å². The zero-order chi connectivity index (χ0) is 15.1. The monoisotopic (exact) mass is 291 g/mol. The summed E-state index contributed by atoms with van der Waals surface area (Å²) in [6.07, 6.45) is 4.88. The molecule has 1 saturated carbocycles. The Bertz CT molecular complexity index is 511. The van der Waals surface area contributed by atoms with Crippen LogP contribution < -0.4 is 15.8 Å². The van der Waals surface area contributed by atoms with E-state index >= 15 is 0 Å². The van der Waals surface area contributed by atoms with Crippen LogP contribution in [0.1, 0.15) is 31.2 Å². The van der Waals surface area contributed by atoms with Gasteiger partial charge in [-0.3, -0.25) is 4.79 Å². The number of nitrogens with two attached hydrogens (primary N) is 1. The zero-order valence-electron chi connectivity index (χ0n) is 11.9. The molecule has 1 aromatic carbocycles. The van der Waals surface area contributed by atoms with Gasteiger partial charge in [0.05, 0.1) is 5.56 Å². The van der Waals surface area contributed by atoms with Crippen molar-refractivity contribution in [3.8, 4) is 5.75 Å². The van der Waals surface area contributed by atoms with Gasteiger partial charge in [-0.15, -0.1) is 0 Å². The number of ether oxygens (including phenoxy) is 1. The molecule has 1 fully saturated rings. The third-order valence-corrected chi connectivity index (χ3v) is 3.69. The van der Waals surface area contributed by atoms with Crippen LogP contribution >= 0.6 is 0 Å². The number of oxime groups is 1. The summed E-state index contributed by atoms with van der Waals surface area (Å²) in [6, 6.07) is 6.86. The average Bonchev–Trinajstić information content (AvgIpc) is 3.04. The lowest BCUT2D eigenvalue weighted by Crippen LogP contribution is -2.32. The molecule has 0 bridgehead atoms. The van der Waals surface area contributed by atoms with E-state index < -0.39 is 0 Å². The SMILES string of the molecule is N/C(=N\O)c1ccccc1OCC(=O)NCC1CCCC1. The third-order valence-electron chi connectivity index (χ3n) is 3.69. The summed E-state index contributed by atoms with van der Waals surface area (Å²) in [5.74, 6) is 0.815. The van der Waals surface area contributed by atoms with E-state index in [0.717, 1.165) is 0 Å². The van der Waals surface area contributed by atoms with E-state index in [1.54, 1.807) is 24.3 Å². The maximum atomic E-state index is 11.8. The summed E-state index contributed by atoms with van der Waals surface area (Å²) in [4.78, 5) is 11.8. The second kappa shape index (κ2) is 7.52. The summed E-state index contributed by atoms with van der Waals surface area (Å²) >= 11 is 0. The van der Waals surface area contributed by atoms with E-state index in [4.69, 9.17) is 15.7 Å². The van der Waals surface area contributed by atoms with E-state index in [1.807, 2.05) is 0 Å². The fourth-order valence-electron chi connectivity index (χ4n) is 2.52. The van der Waals surface area contributed by atoms with Gasteiger partial charge < -0.3 is 21.0 Å². The number of hydrogen-bond acceptors (Lipinski definition) is 4. The summed E-state index contributed by atoms with van der Waals surface area (Å²) in [5.41, 5.74) is 6.02. The smallest absolute Gasteiger partial charge is 0.257 e. The van der Waals surface area contributed by atoms with E-state index in [2.05, 4.69) is 10.5 Å². The van der Waals surface area contributed by atoms with Crippen LogP contribution in [0.25, 0.3) is 0 Å². The molecule has 0 spiro atoms. The minimum atomic E-state index is -0.156. The Labute approximate surface area is 124 Å². The molecule has 1 aliphatic carbocycles. The van der Waals surface area contributed by atoms with Crippen molar-refractivity contribution in [1.29, 1.82) is 0 Å². The normalized spacial score (nSPS) is 15.9.